The molecular formula is C28H25ClN2O4. The molecule has 1 saturated heterocycles. The summed E-state index contributed by atoms with van der Waals surface area (Å²) in [6.45, 7) is 6.47. The Bertz CT molecular complexity index is 1350. The molecule has 1 aliphatic heterocycles. The van der Waals surface area contributed by atoms with Gasteiger partial charge in [0.05, 0.1) is 10.7 Å². The van der Waals surface area contributed by atoms with Crippen LogP contribution in [0.1, 0.15) is 34.7 Å². The highest BCUT2D eigenvalue weighted by Gasteiger charge is 2.36. The summed E-state index contributed by atoms with van der Waals surface area (Å²) in [6.07, 6.45) is 2.24. The predicted octanol–water partition coefficient (Wildman–Crippen LogP) is 5.76. The van der Waals surface area contributed by atoms with Crippen molar-refractivity contribution in [2.75, 3.05) is 4.90 Å². The molecule has 7 heteroatoms. The van der Waals surface area contributed by atoms with Gasteiger partial charge in [-0.15, -0.1) is 0 Å². The van der Waals surface area contributed by atoms with Crippen molar-refractivity contribution >= 4 is 41.2 Å². The average molecular weight is 489 g/mol. The number of hydrogen-bond donors (Lipinski definition) is 1. The number of barbiturate groups is 1. The van der Waals surface area contributed by atoms with E-state index < -0.39 is 17.8 Å². The Morgan fingerprint density at radius 3 is 2.29 bits per heavy atom. The number of carbonyl (C=O) groups is 3. The lowest BCUT2D eigenvalue weighted by molar-refractivity contribution is -0.122. The van der Waals surface area contributed by atoms with Crippen LogP contribution in [-0.2, 0) is 22.6 Å². The SMILES string of the molecule is CCc1ccc(N2C(=O)NC(=O)/C(=C\c3ccc(OCc4ccc(C)c(C)c4)c(Cl)c3)C2=O)cc1. The van der Waals surface area contributed by atoms with E-state index in [1.165, 1.54) is 17.2 Å². The third-order valence-electron chi connectivity index (χ3n) is 5.94. The normalized spacial score (nSPS) is 14.9. The molecule has 3 aromatic rings. The number of hydrogen-bond acceptors (Lipinski definition) is 4. The molecule has 1 aliphatic rings. The van der Waals surface area contributed by atoms with Gasteiger partial charge in [-0.2, -0.15) is 0 Å². The molecule has 1 fully saturated rings. The molecule has 0 radical (unpaired) electrons. The largest absolute Gasteiger partial charge is 0.487 e. The van der Waals surface area contributed by atoms with Crippen molar-refractivity contribution in [2.45, 2.75) is 33.8 Å². The molecule has 6 nitrogen and oxygen atoms in total. The van der Waals surface area contributed by atoms with E-state index in [2.05, 4.69) is 18.3 Å². The van der Waals surface area contributed by atoms with Crippen LogP contribution in [0, 0.1) is 13.8 Å². The van der Waals surface area contributed by atoms with Crippen LogP contribution in [0.3, 0.4) is 0 Å². The van der Waals surface area contributed by atoms with Gasteiger partial charge in [0.2, 0.25) is 0 Å². The Kier molecular flexibility index (Phi) is 7.03. The highest BCUT2D eigenvalue weighted by Crippen LogP contribution is 2.29. The van der Waals surface area contributed by atoms with E-state index in [1.807, 2.05) is 38.1 Å². The first-order chi connectivity index (χ1) is 16.8. The van der Waals surface area contributed by atoms with Crippen LogP contribution >= 0.6 is 11.6 Å². The van der Waals surface area contributed by atoms with Crippen LogP contribution in [0.4, 0.5) is 10.5 Å². The minimum Gasteiger partial charge on any atom is -0.487 e. The van der Waals surface area contributed by atoms with Crippen molar-refractivity contribution in [3.05, 3.63) is 99.1 Å². The van der Waals surface area contributed by atoms with Crippen molar-refractivity contribution < 1.29 is 19.1 Å². The van der Waals surface area contributed by atoms with Gasteiger partial charge in [0.1, 0.15) is 17.9 Å². The molecule has 0 spiro atoms. The first kappa shape index (κ1) is 24.2. The Balaban J connectivity index is 1.54. The second-order valence-electron chi connectivity index (χ2n) is 8.37. The zero-order chi connectivity index (χ0) is 25.1. The van der Waals surface area contributed by atoms with Gasteiger partial charge >= 0.3 is 6.03 Å². The topological polar surface area (TPSA) is 75.7 Å². The van der Waals surface area contributed by atoms with E-state index in [0.717, 1.165) is 22.4 Å². The Labute approximate surface area is 209 Å². The summed E-state index contributed by atoms with van der Waals surface area (Å²) >= 11 is 6.41. The summed E-state index contributed by atoms with van der Waals surface area (Å²) in [4.78, 5) is 38.9. The van der Waals surface area contributed by atoms with E-state index in [4.69, 9.17) is 16.3 Å². The van der Waals surface area contributed by atoms with Gasteiger partial charge in [-0.25, -0.2) is 9.69 Å². The minimum absolute atomic E-state index is 0.163. The Morgan fingerprint density at radius 2 is 1.63 bits per heavy atom. The third-order valence-corrected chi connectivity index (χ3v) is 6.23. The smallest absolute Gasteiger partial charge is 0.335 e. The van der Waals surface area contributed by atoms with Crippen molar-refractivity contribution in [2.24, 2.45) is 0 Å². The summed E-state index contributed by atoms with van der Waals surface area (Å²) in [6, 6.07) is 17.4. The fourth-order valence-corrected chi connectivity index (χ4v) is 3.96. The number of benzene rings is 3. The molecule has 0 aliphatic carbocycles. The van der Waals surface area contributed by atoms with Crippen LogP contribution in [0.25, 0.3) is 6.08 Å². The van der Waals surface area contributed by atoms with E-state index in [-0.39, 0.29) is 5.57 Å². The molecule has 0 aromatic heterocycles. The van der Waals surface area contributed by atoms with Crippen molar-refractivity contribution in [1.82, 2.24) is 5.32 Å². The molecule has 35 heavy (non-hydrogen) atoms. The monoisotopic (exact) mass is 488 g/mol. The number of nitrogens with one attached hydrogen (secondary N) is 1. The molecule has 0 saturated carbocycles. The first-order valence-corrected chi connectivity index (χ1v) is 11.6. The van der Waals surface area contributed by atoms with E-state index >= 15 is 0 Å². The van der Waals surface area contributed by atoms with Gasteiger partial charge in [-0.3, -0.25) is 14.9 Å². The molecule has 4 amide bonds. The van der Waals surface area contributed by atoms with E-state index in [9.17, 15) is 14.4 Å². The van der Waals surface area contributed by atoms with Crippen LogP contribution in [-0.4, -0.2) is 17.8 Å². The van der Waals surface area contributed by atoms with Crippen molar-refractivity contribution in [1.29, 1.82) is 0 Å². The Morgan fingerprint density at radius 1 is 0.914 bits per heavy atom. The summed E-state index contributed by atoms with van der Waals surface area (Å²) in [5.41, 5.74) is 5.24. The zero-order valence-corrected chi connectivity index (χ0v) is 20.5. The summed E-state index contributed by atoms with van der Waals surface area (Å²) in [5, 5.41) is 2.57. The van der Waals surface area contributed by atoms with Crippen molar-refractivity contribution in [3.8, 4) is 5.75 Å². The molecule has 4 rings (SSSR count). The summed E-state index contributed by atoms with van der Waals surface area (Å²) in [7, 11) is 0. The van der Waals surface area contributed by atoms with Gasteiger partial charge in [0.15, 0.2) is 0 Å². The zero-order valence-electron chi connectivity index (χ0n) is 19.7. The van der Waals surface area contributed by atoms with Gasteiger partial charge in [-0.1, -0.05) is 54.9 Å². The fourth-order valence-electron chi connectivity index (χ4n) is 3.72. The number of halogens is 1. The highest BCUT2D eigenvalue weighted by molar-refractivity contribution is 6.39. The van der Waals surface area contributed by atoms with Gasteiger partial charge < -0.3 is 4.74 Å². The average Bonchev–Trinajstić information content (AvgIpc) is 2.83. The number of nitrogens with zero attached hydrogens (tertiary/aromatic N) is 1. The number of anilines is 1. The molecule has 0 atom stereocenters. The predicted molar refractivity (Wildman–Crippen MR) is 137 cm³/mol. The number of aryl methyl sites for hydroxylation is 3. The highest BCUT2D eigenvalue weighted by atomic mass is 35.5. The summed E-state index contributed by atoms with van der Waals surface area (Å²) < 4.78 is 5.86. The standard InChI is InChI=1S/C28H25ClN2O4/c1-4-19-7-10-22(11-8-19)31-27(33)23(26(32)30-28(31)34)14-20-9-12-25(24(29)15-20)35-16-21-6-5-17(2)18(3)13-21/h5-15H,4,16H2,1-3H3,(H,30,32,34)/b23-14+. The van der Waals surface area contributed by atoms with Crippen LogP contribution in [0.2, 0.25) is 5.02 Å². The second kappa shape index (κ2) is 10.2. The molecule has 0 unspecified atom stereocenters. The molecular weight excluding hydrogens is 464 g/mol. The number of urea groups is 1. The van der Waals surface area contributed by atoms with Crippen LogP contribution in [0.15, 0.2) is 66.2 Å². The lowest BCUT2D eigenvalue weighted by atomic mass is 10.1. The Hall–Kier alpha value is -3.90. The maximum Gasteiger partial charge on any atom is 0.335 e. The van der Waals surface area contributed by atoms with E-state index in [1.54, 1.807) is 30.3 Å². The quantitative estimate of drug-likeness (QED) is 0.353. The second-order valence-corrected chi connectivity index (χ2v) is 8.78. The van der Waals surface area contributed by atoms with Crippen LogP contribution in [0.5, 0.6) is 5.75 Å². The first-order valence-electron chi connectivity index (χ1n) is 11.3. The summed E-state index contributed by atoms with van der Waals surface area (Å²) in [5.74, 6) is -0.971. The molecule has 1 heterocycles. The maximum absolute atomic E-state index is 13.1. The molecule has 1 N–H and O–H groups in total. The minimum atomic E-state index is -0.783. The number of carbonyl (C=O) groups excluding carboxylic acids is 3. The number of amides is 4. The molecule has 178 valence electrons. The van der Waals surface area contributed by atoms with Gasteiger partial charge in [-0.05, 0) is 78.4 Å². The fraction of sp³-hybridized carbons (Fsp3) is 0.179. The number of ether oxygens (including phenoxy) is 1. The lowest BCUT2D eigenvalue weighted by Gasteiger charge is -2.26. The van der Waals surface area contributed by atoms with Crippen molar-refractivity contribution in [3.63, 3.8) is 0 Å². The number of imide groups is 2. The van der Waals surface area contributed by atoms with E-state index in [0.29, 0.717) is 28.6 Å². The maximum atomic E-state index is 13.1. The number of rotatable bonds is 6. The third kappa shape index (κ3) is 5.28. The van der Waals surface area contributed by atoms with Gasteiger partial charge in [0, 0.05) is 0 Å². The van der Waals surface area contributed by atoms with Gasteiger partial charge in [0.25, 0.3) is 11.8 Å². The molecule has 3 aromatic carbocycles. The lowest BCUT2D eigenvalue weighted by Crippen LogP contribution is -2.54. The molecule has 0 bridgehead atoms. The van der Waals surface area contributed by atoms with Crippen LogP contribution < -0.4 is 15.0 Å².